The molecule has 0 bridgehead atoms. The van der Waals surface area contributed by atoms with E-state index in [4.69, 9.17) is 4.74 Å². The standard InChI is InChI=1S/C22H26N4O3/c1-22(2,21(27)28)14-29-16-9-11-26(12-10-16)19-8-7-15(13-23-19)20-24-17-5-3-4-6-18(17)25-20/h3-8,13,16H,9-12,14H2,1-2H3,(H,24,25)(H,27,28). The van der Waals surface area contributed by atoms with Crippen LogP contribution in [0.3, 0.4) is 0 Å². The van der Waals surface area contributed by atoms with Gasteiger partial charge in [0.05, 0.1) is 29.2 Å². The average molecular weight is 394 g/mol. The number of carbonyl (C=O) groups is 1. The molecule has 1 fully saturated rings. The van der Waals surface area contributed by atoms with E-state index >= 15 is 0 Å². The number of carboxylic acid groups (broad SMARTS) is 1. The number of aromatic nitrogens is 3. The molecule has 2 N–H and O–H groups in total. The van der Waals surface area contributed by atoms with Gasteiger partial charge in [-0.3, -0.25) is 4.79 Å². The first-order chi connectivity index (χ1) is 13.9. The molecule has 1 aliphatic heterocycles. The Balaban J connectivity index is 1.35. The van der Waals surface area contributed by atoms with Gasteiger partial charge < -0.3 is 19.7 Å². The number of hydrogen-bond acceptors (Lipinski definition) is 5. The molecule has 0 aliphatic carbocycles. The van der Waals surface area contributed by atoms with Gasteiger partial charge in [-0.15, -0.1) is 0 Å². The molecule has 3 heterocycles. The third-order valence-corrected chi connectivity index (χ3v) is 5.44. The highest BCUT2D eigenvalue weighted by atomic mass is 16.5. The van der Waals surface area contributed by atoms with Crippen molar-refractivity contribution in [2.24, 2.45) is 5.41 Å². The summed E-state index contributed by atoms with van der Waals surface area (Å²) in [5.74, 6) is 0.927. The highest BCUT2D eigenvalue weighted by Gasteiger charge is 2.30. The number of anilines is 1. The zero-order valence-electron chi connectivity index (χ0n) is 16.8. The molecule has 1 saturated heterocycles. The van der Waals surface area contributed by atoms with Gasteiger partial charge in [0, 0.05) is 24.8 Å². The Bertz CT molecular complexity index is 956. The summed E-state index contributed by atoms with van der Waals surface area (Å²) >= 11 is 0. The Hall–Kier alpha value is -2.93. The zero-order chi connectivity index (χ0) is 20.4. The molecule has 7 heteroatoms. The van der Waals surface area contributed by atoms with E-state index in [1.807, 2.05) is 42.6 Å². The number of ether oxygens (including phenoxy) is 1. The van der Waals surface area contributed by atoms with Gasteiger partial charge in [0.15, 0.2) is 0 Å². The number of aromatic amines is 1. The van der Waals surface area contributed by atoms with Crippen LogP contribution in [0.2, 0.25) is 0 Å². The van der Waals surface area contributed by atoms with E-state index in [1.165, 1.54) is 0 Å². The Kier molecular flexibility index (Phi) is 5.24. The van der Waals surface area contributed by atoms with Gasteiger partial charge in [0.1, 0.15) is 11.6 Å². The van der Waals surface area contributed by atoms with Crippen LogP contribution in [0.1, 0.15) is 26.7 Å². The van der Waals surface area contributed by atoms with Crippen LogP contribution in [0.25, 0.3) is 22.4 Å². The lowest BCUT2D eigenvalue weighted by atomic mass is 9.95. The van der Waals surface area contributed by atoms with Crippen LogP contribution in [0.15, 0.2) is 42.6 Å². The van der Waals surface area contributed by atoms with E-state index in [-0.39, 0.29) is 12.7 Å². The lowest BCUT2D eigenvalue weighted by Gasteiger charge is -2.34. The highest BCUT2D eigenvalue weighted by molar-refractivity contribution is 5.79. The van der Waals surface area contributed by atoms with Crippen LogP contribution in [-0.4, -0.2) is 51.8 Å². The van der Waals surface area contributed by atoms with Crippen molar-refractivity contribution >= 4 is 22.8 Å². The molecular weight excluding hydrogens is 368 g/mol. The molecule has 0 saturated carbocycles. The summed E-state index contributed by atoms with van der Waals surface area (Å²) in [5, 5.41) is 9.20. The van der Waals surface area contributed by atoms with Gasteiger partial charge in [-0.2, -0.15) is 0 Å². The molecule has 1 aliphatic rings. The lowest BCUT2D eigenvalue weighted by molar-refractivity contribution is -0.152. The predicted molar refractivity (Wildman–Crippen MR) is 112 cm³/mol. The molecule has 0 amide bonds. The third kappa shape index (κ3) is 4.24. The number of carboxylic acids is 1. The number of rotatable bonds is 6. The summed E-state index contributed by atoms with van der Waals surface area (Å²) in [6.07, 6.45) is 3.68. The molecular formula is C22H26N4O3. The number of benzene rings is 1. The minimum atomic E-state index is -0.856. The molecule has 29 heavy (non-hydrogen) atoms. The van der Waals surface area contributed by atoms with Crippen molar-refractivity contribution in [2.75, 3.05) is 24.6 Å². The molecule has 0 spiro atoms. The SMILES string of the molecule is CC(C)(COC1CCN(c2ccc(-c3nc4ccccc4[nH]3)cn2)CC1)C(=O)O. The van der Waals surface area contributed by atoms with Crippen LogP contribution in [0.5, 0.6) is 0 Å². The number of H-pyrrole nitrogens is 1. The van der Waals surface area contributed by atoms with Gasteiger partial charge in [0.2, 0.25) is 0 Å². The molecule has 0 unspecified atom stereocenters. The Labute approximate surface area is 169 Å². The molecule has 3 aromatic rings. The van der Waals surface area contributed by atoms with Crippen molar-refractivity contribution in [3.05, 3.63) is 42.6 Å². The quantitative estimate of drug-likeness (QED) is 0.662. The Morgan fingerprint density at radius 1 is 1.24 bits per heavy atom. The van der Waals surface area contributed by atoms with Crippen LogP contribution in [0.4, 0.5) is 5.82 Å². The summed E-state index contributed by atoms with van der Waals surface area (Å²) < 4.78 is 5.86. The van der Waals surface area contributed by atoms with Crippen LogP contribution in [0, 0.1) is 5.41 Å². The minimum Gasteiger partial charge on any atom is -0.481 e. The minimum absolute atomic E-state index is 0.0969. The Morgan fingerprint density at radius 2 is 2.00 bits per heavy atom. The summed E-state index contributed by atoms with van der Waals surface area (Å²) in [5.41, 5.74) is 2.06. The fraction of sp³-hybridized carbons (Fsp3) is 0.409. The number of piperidine rings is 1. The summed E-state index contributed by atoms with van der Waals surface area (Å²) in [6, 6.07) is 12.0. The number of pyridine rings is 1. The first kappa shape index (κ1) is 19.4. The topological polar surface area (TPSA) is 91.3 Å². The average Bonchev–Trinajstić information content (AvgIpc) is 3.17. The third-order valence-electron chi connectivity index (χ3n) is 5.44. The molecule has 4 rings (SSSR count). The van der Waals surface area contributed by atoms with Gasteiger partial charge >= 0.3 is 5.97 Å². The first-order valence-electron chi connectivity index (χ1n) is 9.93. The number of nitrogens with zero attached hydrogens (tertiary/aromatic N) is 3. The Morgan fingerprint density at radius 3 is 2.66 bits per heavy atom. The van der Waals surface area contributed by atoms with Crippen LogP contribution < -0.4 is 4.90 Å². The zero-order valence-corrected chi connectivity index (χ0v) is 16.8. The van der Waals surface area contributed by atoms with E-state index in [9.17, 15) is 9.90 Å². The fourth-order valence-electron chi connectivity index (χ4n) is 3.44. The molecule has 152 valence electrons. The summed E-state index contributed by atoms with van der Waals surface area (Å²) in [4.78, 5) is 26.0. The van der Waals surface area contributed by atoms with Crippen molar-refractivity contribution < 1.29 is 14.6 Å². The van der Waals surface area contributed by atoms with Gasteiger partial charge in [-0.05, 0) is 51.0 Å². The van der Waals surface area contributed by atoms with Crippen molar-refractivity contribution in [1.82, 2.24) is 15.0 Å². The molecule has 7 nitrogen and oxygen atoms in total. The van der Waals surface area contributed by atoms with Gasteiger partial charge in [0.25, 0.3) is 0 Å². The highest BCUT2D eigenvalue weighted by Crippen LogP contribution is 2.25. The van der Waals surface area contributed by atoms with Crippen molar-refractivity contribution in [3.63, 3.8) is 0 Å². The van der Waals surface area contributed by atoms with E-state index in [1.54, 1.807) is 13.8 Å². The fourth-order valence-corrected chi connectivity index (χ4v) is 3.44. The maximum Gasteiger partial charge on any atom is 0.311 e. The van der Waals surface area contributed by atoms with E-state index < -0.39 is 11.4 Å². The lowest BCUT2D eigenvalue weighted by Crippen LogP contribution is -2.39. The van der Waals surface area contributed by atoms with Crippen molar-refractivity contribution in [2.45, 2.75) is 32.8 Å². The second kappa shape index (κ2) is 7.83. The number of fused-ring (bicyclic) bond motifs is 1. The molecule has 0 radical (unpaired) electrons. The largest absolute Gasteiger partial charge is 0.481 e. The maximum absolute atomic E-state index is 11.2. The number of para-hydroxylation sites is 2. The van der Waals surface area contributed by atoms with E-state index in [0.29, 0.717) is 0 Å². The van der Waals surface area contributed by atoms with Crippen molar-refractivity contribution in [3.8, 4) is 11.4 Å². The normalized spacial score (nSPS) is 15.7. The van der Waals surface area contributed by atoms with Gasteiger partial charge in [-0.1, -0.05) is 12.1 Å². The number of aliphatic carboxylic acids is 1. The number of imidazole rings is 1. The number of hydrogen-bond donors (Lipinski definition) is 2. The van der Waals surface area contributed by atoms with Crippen molar-refractivity contribution in [1.29, 1.82) is 0 Å². The van der Waals surface area contributed by atoms with Crippen LogP contribution >= 0.6 is 0 Å². The monoisotopic (exact) mass is 394 g/mol. The number of nitrogens with one attached hydrogen (secondary N) is 1. The van der Waals surface area contributed by atoms with Gasteiger partial charge in [-0.25, -0.2) is 9.97 Å². The van der Waals surface area contributed by atoms with Crippen LogP contribution in [-0.2, 0) is 9.53 Å². The molecule has 1 aromatic carbocycles. The van der Waals surface area contributed by atoms with E-state index in [0.717, 1.165) is 54.2 Å². The maximum atomic E-state index is 11.2. The van der Waals surface area contributed by atoms with E-state index in [2.05, 4.69) is 19.9 Å². The smallest absolute Gasteiger partial charge is 0.311 e. The first-order valence-corrected chi connectivity index (χ1v) is 9.93. The molecule has 2 aromatic heterocycles. The summed E-state index contributed by atoms with van der Waals surface area (Å²) in [7, 11) is 0. The summed E-state index contributed by atoms with van der Waals surface area (Å²) in [6.45, 7) is 5.30. The second-order valence-corrected chi connectivity index (χ2v) is 8.19. The molecule has 0 atom stereocenters. The second-order valence-electron chi connectivity index (χ2n) is 8.19. The predicted octanol–water partition coefficient (Wildman–Crippen LogP) is 3.72.